The van der Waals surface area contributed by atoms with Crippen LogP contribution < -0.4 is 0 Å². The predicted octanol–water partition coefficient (Wildman–Crippen LogP) is 5.76. The van der Waals surface area contributed by atoms with Gasteiger partial charge in [0.25, 0.3) is 0 Å². The number of nitrogens with zero attached hydrogens (tertiary/aromatic N) is 2. The molecule has 0 N–H and O–H groups in total. The molecule has 8 heteroatoms. The van der Waals surface area contributed by atoms with Crippen LogP contribution in [0.15, 0.2) is 48.5 Å². The number of alkyl halides is 3. The Hall–Kier alpha value is -2.09. The van der Waals surface area contributed by atoms with Crippen molar-refractivity contribution in [3.05, 3.63) is 70.8 Å². The van der Waals surface area contributed by atoms with Crippen molar-refractivity contribution in [1.29, 1.82) is 0 Å². The molecule has 2 aliphatic rings. The van der Waals surface area contributed by atoms with Crippen LogP contribution in [0.5, 0.6) is 0 Å². The van der Waals surface area contributed by atoms with Crippen LogP contribution in [0.4, 0.5) is 13.2 Å². The van der Waals surface area contributed by atoms with E-state index in [4.69, 9.17) is 4.74 Å². The van der Waals surface area contributed by atoms with E-state index < -0.39 is 18.3 Å². The molecule has 0 bridgehead atoms. The standard InChI is InChI=1S/C27H33F3N2O2.ClH/c1-3-20-15-23-10-9-22(17-24(23)16-20)19(2)26(33)34-25(21-7-5-4-6-8-21)18-31-11-13-32(14-12-31)27(28,29)30;/h4-10,17,19-20,25H,3,11-16,18H2,1-2H3;1H. The summed E-state index contributed by atoms with van der Waals surface area (Å²) in [5.41, 5.74) is 4.50. The maximum atomic E-state index is 13.2. The van der Waals surface area contributed by atoms with Crippen molar-refractivity contribution in [3.63, 3.8) is 0 Å². The lowest BCUT2D eigenvalue weighted by molar-refractivity contribution is -0.252. The maximum Gasteiger partial charge on any atom is 0.460 e. The van der Waals surface area contributed by atoms with Gasteiger partial charge in [-0.3, -0.25) is 9.69 Å². The summed E-state index contributed by atoms with van der Waals surface area (Å²) in [7, 11) is 0. The second kappa shape index (κ2) is 11.8. The molecule has 1 aliphatic carbocycles. The molecule has 4 nitrogen and oxygen atoms in total. The van der Waals surface area contributed by atoms with Gasteiger partial charge >= 0.3 is 12.3 Å². The number of halogens is 4. The molecule has 0 aromatic heterocycles. The molecule has 1 fully saturated rings. The van der Waals surface area contributed by atoms with E-state index in [1.165, 1.54) is 11.1 Å². The van der Waals surface area contributed by atoms with E-state index in [0.29, 0.717) is 17.4 Å². The Bertz CT molecular complexity index is 978. The van der Waals surface area contributed by atoms with Gasteiger partial charge in [-0.25, -0.2) is 4.90 Å². The summed E-state index contributed by atoms with van der Waals surface area (Å²) < 4.78 is 44.9. The molecule has 0 amide bonds. The first-order valence-corrected chi connectivity index (χ1v) is 12.2. The predicted molar refractivity (Wildman–Crippen MR) is 133 cm³/mol. The molecule has 0 saturated carbocycles. The zero-order chi connectivity index (χ0) is 24.3. The highest BCUT2D eigenvalue weighted by Crippen LogP contribution is 2.32. The highest BCUT2D eigenvalue weighted by atomic mass is 35.5. The number of ether oxygens (including phenoxy) is 1. The summed E-state index contributed by atoms with van der Waals surface area (Å²) in [5.74, 6) is -0.0557. The van der Waals surface area contributed by atoms with Crippen molar-refractivity contribution < 1.29 is 22.7 Å². The van der Waals surface area contributed by atoms with Crippen LogP contribution in [0.1, 0.15) is 54.5 Å². The van der Waals surface area contributed by atoms with Gasteiger partial charge in [0.15, 0.2) is 0 Å². The largest absolute Gasteiger partial charge is 0.460 e. The number of hydrogen-bond acceptors (Lipinski definition) is 4. The SMILES string of the molecule is CCC1Cc2ccc(C(C)C(=O)OC(CN3CCN(C(F)(F)F)CC3)c3ccccc3)cc2C1.Cl. The number of carbonyl (C=O) groups excluding carboxylic acids is 1. The van der Waals surface area contributed by atoms with Gasteiger partial charge in [0.1, 0.15) is 6.10 Å². The third-order valence-electron chi connectivity index (χ3n) is 7.26. The topological polar surface area (TPSA) is 32.8 Å². The first-order chi connectivity index (χ1) is 16.2. The van der Waals surface area contributed by atoms with Crippen LogP contribution in [0.2, 0.25) is 0 Å². The highest BCUT2D eigenvalue weighted by Gasteiger charge is 2.39. The van der Waals surface area contributed by atoms with E-state index in [9.17, 15) is 18.0 Å². The lowest BCUT2D eigenvalue weighted by Gasteiger charge is -2.37. The normalized spacial score (nSPS) is 20.5. The molecule has 0 radical (unpaired) electrons. The molecule has 4 rings (SSSR count). The zero-order valence-corrected chi connectivity index (χ0v) is 21.1. The average molecular weight is 511 g/mol. The van der Waals surface area contributed by atoms with Crippen LogP contribution in [-0.2, 0) is 22.4 Å². The Morgan fingerprint density at radius 1 is 1.00 bits per heavy atom. The highest BCUT2D eigenvalue weighted by molar-refractivity contribution is 5.85. The van der Waals surface area contributed by atoms with Crippen LogP contribution >= 0.6 is 12.4 Å². The molecule has 2 aromatic rings. The Labute approximate surface area is 211 Å². The monoisotopic (exact) mass is 510 g/mol. The molecule has 2 aromatic carbocycles. The third-order valence-corrected chi connectivity index (χ3v) is 7.26. The van der Waals surface area contributed by atoms with E-state index in [2.05, 4.69) is 19.1 Å². The lowest BCUT2D eigenvalue weighted by Crippen LogP contribution is -2.52. The van der Waals surface area contributed by atoms with Crippen molar-refractivity contribution in [2.75, 3.05) is 32.7 Å². The van der Waals surface area contributed by atoms with E-state index in [-0.39, 0.29) is 44.6 Å². The average Bonchev–Trinajstić information content (AvgIpc) is 3.26. The van der Waals surface area contributed by atoms with Crippen LogP contribution in [0, 0.1) is 5.92 Å². The summed E-state index contributed by atoms with van der Waals surface area (Å²) in [6.45, 7) is 4.84. The molecule has 3 unspecified atom stereocenters. The van der Waals surface area contributed by atoms with E-state index in [1.54, 1.807) is 0 Å². The van der Waals surface area contributed by atoms with Gasteiger partial charge in [-0.1, -0.05) is 61.9 Å². The number of carbonyl (C=O) groups is 1. The minimum Gasteiger partial charge on any atom is -0.456 e. The Morgan fingerprint density at radius 3 is 2.29 bits per heavy atom. The molecule has 0 spiro atoms. The van der Waals surface area contributed by atoms with Gasteiger partial charge in [-0.2, -0.15) is 13.2 Å². The number of piperazine rings is 1. The summed E-state index contributed by atoms with van der Waals surface area (Å²) in [6.07, 6.45) is -1.54. The second-order valence-corrected chi connectivity index (χ2v) is 9.52. The van der Waals surface area contributed by atoms with Gasteiger partial charge in [0.05, 0.1) is 5.92 Å². The molecule has 1 aliphatic heterocycles. The molecule has 192 valence electrons. The summed E-state index contributed by atoms with van der Waals surface area (Å²) in [5, 5.41) is 0. The van der Waals surface area contributed by atoms with Crippen LogP contribution in [-0.4, -0.2) is 54.8 Å². The Morgan fingerprint density at radius 2 is 1.66 bits per heavy atom. The van der Waals surface area contributed by atoms with Gasteiger partial charge < -0.3 is 4.74 Å². The van der Waals surface area contributed by atoms with Crippen molar-refractivity contribution in [2.24, 2.45) is 5.92 Å². The molecule has 3 atom stereocenters. The van der Waals surface area contributed by atoms with Crippen molar-refractivity contribution >= 4 is 18.4 Å². The minimum atomic E-state index is -4.31. The van der Waals surface area contributed by atoms with Gasteiger partial charge in [-0.05, 0) is 47.9 Å². The summed E-state index contributed by atoms with van der Waals surface area (Å²) in [6, 6.07) is 15.8. The van der Waals surface area contributed by atoms with E-state index in [0.717, 1.165) is 30.4 Å². The fourth-order valence-corrected chi connectivity index (χ4v) is 4.96. The number of hydrogen-bond donors (Lipinski definition) is 0. The second-order valence-electron chi connectivity index (χ2n) is 9.52. The number of benzene rings is 2. The third kappa shape index (κ3) is 6.78. The zero-order valence-electron chi connectivity index (χ0n) is 20.3. The molecule has 1 heterocycles. The van der Waals surface area contributed by atoms with E-state index in [1.807, 2.05) is 48.2 Å². The number of rotatable bonds is 7. The quantitative estimate of drug-likeness (QED) is 0.350. The van der Waals surface area contributed by atoms with Crippen molar-refractivity contribution in [3.8, 4) is 0 Å². The fraction of sp³-hybridized carbons (Fsp3) is 0.519. The first kappa shape index (κ1) is 27.5. The summed E-state index contributed by atoms with van der Waals surface area (Å²) >= 11 is 0. The van der Waals surface area contributed by atoms with E-state index >= 15 is 0 Å². The Kier molecular flexibility index (Phi) is 9.24. The van der Waals surface area contributed by atoms with Crippen LogP contribution in [0.3, 0.4) is 0 Å². The number of esters is 1. The molecular weight excluding hydrogens is 477 g/mol. The van der Waals surface area contributed by atoms with Crippen molar-refractivity contribution in [1.82, 2.24) is 9.80 Å². The minimum absolute atomic E-state index is 0. The smallest absolute Gasteiger partial charge is 0.456 e. The van der Waals surface area contributed by atoms with Crippen LogP contribution in [0.25, 0.3) is 0 Å². The molecular formula is C27H34ClF3N2O2. The maximum absolute atomic E-state index is 13.2. The van der Waals surface area contributed by atoms with Gasteiger partial charge in [0, 0.05) is 32.7 Å². The molecule has 35 heavy (non-hydrogen) atoms. The van der Waals surface area contributed by atoms with Gasteiger partial charge in [-0.15, -0.1) is 12.4 Å². The lowest BCUT2D eigenvalue weighted by atomic mass is 9.97. The van der Waals surface area contributed by atoms with Crippen molar-refractivity contribution in [2.45, 2.75) is 51.4 Å². The Balaban J connectivity index is 0.00000342. The van der Waals surface area contributed by atoms with Gasteiger partial charge in [0.2, 0.25) is 0 Å². The first-order valence-electron chi connectivity index (χ1n) is 12.2. The number of fused-ring (bicyclic) bond motifs is 1. The fourth-order valence-electron chi connectivity index (χ4n) is 4.96. The molecule has 1 saturated heterocycles. The summed E-state index contributed by atoms with van der Waals surface area (Å²) in [4.78, 5) is 15.7.